The fourth-order valence-corrected chi connectivity index (χ4v) is 5.66. The number of hydrogen-bond acceptors (Lipinski definition) is 2. The maximum atomic E-state index is 13.6. The molecular formula is C19H23FO2. The van der Waals surface area contributed by atoms with Crippen LogP contribution < -0.4 is 0 Å². The van der Waals surface area contributed by atoms with Gasteiger partial charge in [-0.15, -0.1) is 0 Å². The standard InChI is InChI=1S/C19H23FO2/c20-17-4-2-1-3-16(17)18(21)22-6-5-19-10-13-7-14(11-19)9-15(8-13)12-19/h1-4,13-15H,5-12H2. The molecule has 4 aliphatic rings. The molecule has 4 bridgehead atoms. The predicted octanol–water partition coefficient (Wildman–Crippen LogP) is 4.59. The van der Waals surface area contributed by atoms with Gasteiger partial charge < -0.3 is 4.74 Å². The normalized spacial score (nSPS) is 35.6. The molecule has 22 heavy (non-hydrogen) atoms. The van der Waals surface area contributed by atoms with Gasteiger partial charge in [0, 0.05) is 0 Å². The van der Waals surface area contributed by atoms with E-state index in [4.69, 9.17) is 4.74 Å². The van der Waals surface area contributed by atoms with Crippen LogP contribution in [0.3, 0.4) is 0 Å². The monoisotopic (exact) mass is 302 g/mol. The summed E-state index contributed by atoms with van der Waals surface area (Å²) in [6.07, 6.45) is 9.18. The molecule has 0 aliphatic heterocycles. The van der Waals surface area contributed by atoms with Crippen LogP contribution in [0.4, 0.5) is 4.39 Å². The molecule has 0 N–H and O–H groups in total. The molecule has 0 aromatic heterocycles. The van der Waals surface area contributed by atoms with E-state index in [1.807, 2.05) is 0 Å². The van der Waals surface area contributed by atoms with Crippen LogP contribution >= 0.6 is 0 Å². The van der Waals surface area contributed by atoms with E-state index in [2.05, 4.69) is 0 Å². The van der Waals surface area contributed by atoms with Gasteiger partial charge in [0.25, 0.3) is 0 Å². The molecule has 3 heteroatoms. The lowest BCUT2D eigenvalue weighted by Gasteiger charge is -2.57. The van der Waals surface area contributed by atoms with Gasteiger partial charge in [0.15, 0.2) is 0 Å². The Morgan fingerprint density at radius 3 is 2.27 bits per heavy atom. The summed E-state index contributed by atoms with van der Waals surface area (Å²) in [6.45, 7) is 0.430. The Balaban J connectivity index is 1.36. The maximum Gasteiger partial charge on any atom is 0.341 e. The molecule has 118 valence electrons. The number of rotatable bonds is 4. The number of carbonyl (C=O) groups excluding carboxylic acids is 1. The maximum absolute atomic E-state index is 13.6. The summed E-state index contributed by atoms with van der Waals surface area (Å²) in [5.41, 5.74) is 0.456. The van der Waals surface area contributed by atoms with E-state index in [0.717, 1.165) is 24.2 Å². The first-order valence-corrected chi connectivity index (χ1v) is 8.55. The molecule has 0 unspecified atom stereocenters. The molecule has 0 spiro atoms. The summed E-state index contributed by atoms with van der Waals surface area (Å²) >= 11 is 0. The first-order valence-electron chi connectivity index (χ1n) is 8.55. The van der Waals surface area contributed by atoms with Crippen LogP contribution in [-0.2, 0) is 4.74 Å². The van der Waals surface area contributed by atoms with Gasteiger partial charge in [-0.05, 0) is 80.2 Å². The summed E-state index contributed by atoms with van der Waals surface area (Å²) < 4.78 is 18.9. The van der Waals surface area contributed by atoms with Crippen LogP contribution in [0.15, 0.2) is 24.3 Å². The van der Waals surface area contributed by atoms with E-state index in [-0.39, 0.29) is 5.56 Å². The molecule has 0 radical (unpaired) electrons. The van der Waals surface area contributed by atoms with Crippen LogP contribution in [0.25, 0.3) is 0 Å². The van der Waals surface area contributed by atoms with Crippen molar-refractivity contribution in [3.05, 3.63) is 35.6 Å². The second-order valence-corrected chi connectivity index (χ2v) is 7.78. The molecule has 1 aromatic rings. The lowest BCUT2D eigenvalue weighted by molar-refractivity contribution is -0.0653. The highest BCUT2D eigenvalue weighted by molar-refractivity contribution is 5.89. The van der Waals surface area contributed by atoms with Gasteiger partial charge in [0.1, 0.15) is 5.82 Å². The molecule has 5 rings (SSSR count). The largest absolute Gasteiger partial charge is 0.462 e. The number of esters is 1. The SMILES string of the molecule is O=C(OCCC12CC3CC(CC(C3)C1)C2)c1ccccc1F. The number of benzene rings is 1. The molecular weight excluding hydrogens is 279 g/mol. The van der Waals surface area contributed by atoms with Crippen LogP contribution in [0.5, 0.6) is 0 Å². The Kier molecular flexibility index (Phi) is 3.47. The van der Waals surface area contributed by atoms with Crippen molar-refractivity contribution in [2.24, 2.45) is 23.2 Å². The van der Waals surface area contributed by atoms with Gasteiger partial charge in [-0.25, -0.2) is 9.18 Å². The zero-order valence-corrected chi connectivity index (χ0v) is 12.9. The van der Waals surface area contributed by atoms with Crippen molar-refractivity contribution in [3.8, 4) is 0 Å². The summed E-state index contributed by atoms with van der Waals surface area (Å²) in [6, 6.07) is 6.04. The molecule has 4 aliphatic carbocycles. The smallest absolute Gasteiger partial charge is 0.341 e. The summed E-state index contributed by atoms with van der Waals surface area (Å²) in [5, 5.41) is 0. The second kappa shape index (κ2) is 5.36. The van der Waals surface area contributed by atoms with Gasteiger partial charge in [0.2, 0.25) is 0 Å². The molecule has 0 saturated heterocycles. The van der Waals surface area contributed by atoms with Crippen molar-refractivity contribution in [3.63, 3.8) is 0 Å². The first-order chi connectivity index (χ1) is 10.6. The average molecular weight is 302 g/mol. The third-order valence-corrected chi connectivity index (χ3v) is 6.12. The first kappa shape index (κ1) is 14.2. The van der Waals surface area contributed by atoms with Crippen LogP contribution in [0.2, 0.25) is 0 Å². The fraction of sp³-hybridized carbons (Fsp3) is 0.632. The second-order valence-electron chi connectivity index (χ2n) is 7.78. The number of carbonyl (C=O) groups is 1. The van der Waals surface area contributed by atoms with Crippen LogP contribution in [0, 0.1) is 29.0 Å². The summed E-state index contributed by atoms with van der Waals surface area (Å²) in [5.74, 6) is 1.71. The van der Waals surface area contributed by atoms with Crippen LogP contribution in [0.1, 0.15) is 55.3 Å². The van der Waals surface area contributed by atoms with Crippen molar-refractivity contribution in [2.45, 2.75) is 44.9 Å². The number of ether oxygens (including phenoxy) is 1. The van der Waals surface area contributed by atoms with Crippen molar-refractivity contribution in [1.29, 1.82) is 0 Å². The Morgan fingerprint density at radius 1 is 1.09 bits per heavy atom. The van der Waals surface area contributed by atoms with E-state index in [9.17, 15) is 9.18 Å². The number of hydrogen-bond donors (Lipinski definition) is 0. The van der Waals surface area contributed by atoms with E-state index in [0.29, 0.717) is 12.0 Å². The van der Waals surface area contributed by atoms with Crippen molar-refractivity contribution in [1.82, 2.24) is 0 Å². The highest BCUT2D eigenvalue weighted by Gasteiger charge is 2.50. The molecule has 0 heterocycles. The van der Waals surface area contributed by atoms with Gasteiger partial charge >= 0.3 is 5.97 Å². The van der Waals surface area contributed by atoms with Crippen LogP contribution in [-0.4, -0.2) is 12.6 Å². The van der Waals surface area contributed by atoms with Crippen molar-refractivity contribution < 1.29 is 13.9 Å². The summed E-state index contributed by atoms with van der Waals surface area (Å²) in [7, 11) is 0. The van der Waals surface area contributed by atoms with Gasteiger partial charge in [-0.1, -0.05) is 12.1 Å². The van der Waals surface area contributed by atoms with Gasteiger partial charge in [0.05, 0.1) is 12.2 Å². The summed E-state index contributed by atoms with van der Waals surface area (Å²) in [4.78, 5) is 12.0. The Labute approximate surface area is 131 Å². The molecule has 0 atom stereocenters. The molecule has 4 saturated carbocycles. The van der Waals surface area contributed by atoms with E-state index in [1.165, 1.54) is 50.7 Å². The van der Waals surface area contributed by atoms with Gasteiger partial charge in [-0.2, -0.15) is 0 Å². The van der Waals surface area contributed by atoms with Crippen molar-refractivity contribution in [2.75, 3.05) is 6.61 Å². The molecule has 4 fully saturated rings. The van der Waals surface area contributed by atoms with E-state index in [1.54, 1.807) is 12.1 Å². The minimum Gasteiger partial charge on any atom is -0.462 e. The zero-order chi connectivity index (χ0) is 15.2. The zero-order valence-electron chi connectivity index (χ0n) is 12.9. The number of halogens is 1. The van der Waals surface area contributed by atoms with Crippen molar-refractivity contribution >= 4 is 5.97 Å². The lowest BCUT2D eigenvalue weighted by atomic mass is 9.49. The predicted molar refractivity (Wildman–Crippen MR) is 81.9 cm³/mol. The Hall–Kier alpha value is -1.38. The Morgan fingerprint density at radius 2 is 1.68 bits per heavy atom. The van der Waals surface area contributed by atoms with E-state index < -0.39 is 11.8 Å². The topological polar surface area (TPSA) is 26.3 Å². The minimum atomic E-state index is -0.525. The highest BCUT2D eigenvalue weighted by Crippen LogP contribution is 2.61. The Bertz CT molecular complexity index is 545. The quantitative estimate of drug-likeness (QED) is 0.760. The minimum absolute atomic E-state index is 0.0491. The average Bonchev–Trinajstić information content (AvgIpc) is 2.46. The fourth-order valence-electron chi connectivity index (χ4n) is 5.66. The van der Waals surface area contributed by atoms with E-state index >= 15 is 0 Å². The van der Waals surface area contributed by atoms with Gasteiger partial charge in [-0.3, -0.25) is 0 Å². The lowest BCUT2D eigenvalue weighted by Crippen LogP contribution is -2.46. The molecule has 1 aromatic carbocycles. The molecule has 0 amide bonds. The third kappa shape index (κ3) is 2.55. The highest BCUT2D eigenvalue weighted by atomic mass is 19.1. The third-order valence-electron chi connectivity index (χ3n) is 6.12. The molecule has 2 nitrogen and oxygen atoms in total.